The van der Waals surface area contributed by atoms with Crippen LogP contribution in [0.15, 0.2) is 54.9 Å². The summed E-state index contributed by atoms with van der Waals surface area (Å²) >= 11 is 0. The van der Waals surface area contributed by atoms with Crippen LogP contribution in [0.3, 0.4) is 0 Å². The van der Waals surface area contributed by atoms with Crippen molar-refractivity contribution in [1.82, 2.24) is 19.9 Å². The van der Waals surface area contributed by atoms with Crippen molar-refractivity contribution < 1.29 is 9.90 Å². The predicted molar refractivity (Wildman–Crippen MR) is 121 cm³/mol. The van der Waals surface area contributed by atoms with E-state index in [1.54, 1.807) is 18.3 Å². The molecule has 7 heteroatoms. The third kappa shape index (κ3) is 3.64. The summed E-state index contributed by atoms with van der Waals surface area (Å²) in [6.45, 7) is 5.78. The molecule has 0 amide bonds. The molecule has 156 valence electrons. The van der Waals surface area contributed by atoms with Crippen LogP contribution in [0.5, 0.6) is 0 Å². The normalized spacial score (nSPS) is 13.9. The predicted octanol–water partition coefficient (Wildman–Crippen LogP) is 3.79. The second-order valence-electron chi connectivity index (χ2n) is 8.06. The van der Waals surface area contributed by atoms with Crippen molar-refractivity contribution in [1.29, 1.82) is 0 Å². The highest BCUT2D eigenvalue weighted by Gasteiger charge is 2.20. The minimum Gasteiger partial charge on any atom is -0.478 e. The van der Waals surface area contributed by atoms with Crippen LogP contribution in [0.25, 0.3) is 28.1 Å². The molecule has 7 nitrogen and oxygen atoms in total. The molecule has 1 aliphatic rings. The first-order valence-corrected chi connectivity index (χ1v) is 10.3. The number of anilines is 1. The second kappa shape index (κ2) is 7.52. The molecule has 1 aliphatic heterocycles. The van der Waals surface area contributed by atoms with Gasteiger partial charge in [-0.15, -0.1) is 0 Å². The molecule has 0 radical (unpaired) electrons. The zero-order chi connectivity index (χ0) is 21.5. The number of aryl methyl sites for hydroxylation is 2. The molecule has 2 aromatic heterocycles. The van der Waals surface area contributed by atoms with Gasteiger partial charge in [-0.3, -0.25) is 9.55 Å². The molecule has 3 heterocycles. The Labute approximate surface area is 179 Å². The van der Waals surface area contributed by atoms with E-state index in [9.17, 15) is 9.90 Å². The molecule has 0 atom stereocenters. The third-order valence-electron chi connectivity index (χ3n) is 5.56. The number of nitrogens with zero attached hydrogens (tertiary/aromatic N) is 3. The largest absolute Gasteiger partial charge is 0.478 e. The van der Waals surface area contributed by atoms with Crippen molar-refractivity contribution in [2.75, 3.05) is 18.4 Å². The molecular formula is C24H23N5O2. The highest BCUT2D eigenvalue weighted by Crippen LogP contribution is 2.27. The van der Waals surface area contributed by atoms with Crippen LogP contribution in [0, 0.1) is 13.8 Å². The lowest BCUT2D eigenvalue weighted by atomic mass is 10.1. The first-order chi connectivity index (χ1) is 15.0. The number of fused-ring (bicyclic) bond motifs is 1. The van der Waals surface area contributed by atoms with Gasteiger partial charge in [0.1, 0.15) is 5.52 Å². The average Bonchev–Trinajstić information content (AvgIpc) is 3.13. The number of carboxylic acids is 1. The average molecular weight is 413 g/mol. The number of carbonyl (C=O) groups is 1. The van der Waals surface area contributed by atoms with Gasteiger partial charge >= 0.3 is 5.97 Å². The van der Waals surface area contributed by atoms with Crippen LogP contribution in [-0.4, -0.2) is 44.7 Å². The van der Waals surface area contributed by atoms with Gasteiger partial charge in [-0.05, 0) is 50.2 Å². The van der Waals surface area contributed by atoms with Gasteiger partial charge in [-0.1, -0.05) is 17.2 Å². The number of hydrogen-bond donors (Lipinski definition) is 3. The summed E-state index contributed by atoms with van der Waals surface area (Å²) in [6, 6.07) is 13.8. The molecule has 0 spiro atoms. The Kier molecular flexibility index (Phi) is 4.67. The first kappa shape index (κ1) is 19.3. The third-order valence-corrected chi connectivity index (χ3v) is 5.56. The fraction of sp³-hybridized carbons (Fsp3) is 0.208. The van der Waals surface area contributed by atoms with E-state index in [1.807, 2.05) is 22.9 Å². The molecule has 4 aromatic rings. The molecule has 31 heavy (non-hydrogen) atoms. The first-order valence-electron chi connectivity index (χ1n) is 10.3. The van der Waals surface area contributed by atoms with Crippen molar-refractivity contribution in [3.63, 3.8) is 0 Å². The van der Waals surface area contributed by atoms with Gasteiger partial charge in [0, 0.05) is 30.5 Å². The summed E-state index contributed by atoms with van der Waals surface area (Å²) in [4.78, 5) is 21.2. The van der Waals surface area contributed by atoms with E-state index in [1.165, 1.54) is 11.1 Å². The summed E-state index contributed by atoms with van der Waals surface area (Å²) in [5.74, 6) is -0.949. The quantitative estimate of drug-likeness (QED) is 0.461. The second-order valence-corrected chi connectivity index (χ2v) is 8.06. The van der Waals surface area contributed by atoms with Crippen molar-refractivity contribution in [3.8, 4) is 16.9 Å². The van der Waals surface area contributed by atoms with E-state index in [2.05, 4.69) is 47.7 Å². The minimum atomic E-state index is -0.949. The fourth-order valence-electron chi connectivity index (χ4n) is 3.97. The van der Waals surface area contributed by atoms with E-state index in [-0.39, 0.29) is 11.6 Å². The Morgan fingerprint density at radius 3 is 2.58 bits per heavy atom. The maximum atomic E-state index is 11.7. The molecule has 0 saturated carbocycles. The number of aromatic nitrogens is 3. The van der Waals surface area contributed by atoms with Crippen LogP contribution in [0.1, 0.15) is 21.5 Å². The smallest absolute Gasteiger partial charge is 0.337 e. The van der Waals surface area contributed by atoms with Crippen LogP contribution in [0.2, 0.25) is 0 Å². The molecule has 1 saturated heterocycles. The zero-order valence-electron chi connectivity index (χ0n) is 17.4. The van der Waals surface area contributed by atoms with E-state index in [0.717, 1.165) is 41.2 Å². The number of carboxylic acid groups (broad SMARTS) is 1. The standard InChI is InChI=1S/C24H23N5O2/c1-14-7-15(2)9-16(8-14)22-13-26-20-5-6-29(23(20)28-22)18-3-4-19(24(30)31)21(10-18)27-17-11-25-12-17/h3-10,13,17,25,27H,11-12H2,1-2H3,(H,30,31). The maximum Gasteiger partial charge on any atom is 0.337 e. The van der Waals surface area contributed by atoms with Crippen molar-refractivity contribution in [2.45, 2.75) is 19.9 Å². The number of benzene rings is 2. The monoisotopic (exact) mass is 413 g/mol. The summed E-state index contributed by atoms with van der Waals surface area (Å²) in [6.07, 6.45) is 3.71. The van der Waals surface area contributed by atoms with Gasteiger partial charge in [0.05, 0.1) is 29.2 Å². The SMILES string of the molecule is Cc1cc(C)cc(-c2cnc3ccn(-c4ccc(C(=O)O)c(NC5CNC5)c4)c3n2)c1. The molecule has 2 aromatic carbocycles. The number of nitrogens with one attached hydrogen (secondary N) is 2. The van der Waals surface area contributed by atoms with Gasteiger partial charge in [0.15, 0.2) is 5.65 Å². The van der Waals surface area contributed by atoms with Crippen molar-refractivity contribution in [2.24, 2.45) is 0 Å². The maximum absolute atomic E-state index is 11.7. The molecule has 1 fully saturated rings. The Morgan fingerprint density at radius 1 is 1.13 bits per heavy atom. The number of hydrogen-bond acceptors (Lipinski definition) is 5. The highest BCUT2D eigenvalue weighted by atomic mass is 16.4. The zero-order valence-corrected chi connectivity index (χ0v) is 17.4. The Morgan fingerprint density at radius 2 is 1.90 bits per heavy atom. The van der Waals surface area contributed by atoms with Gasteiger partial charge in [0.2, 0.25) is 0 Å². The van der Waals surface area contributed by atoms with Crippen molar-refractivity contribution >= 4 is 22.8 Å². The van der Waals surface area contributed by atoms with Crippen LogP contribution in [-0.2, 0) is 0 Å². The fourth-order valence-corrected chi connectivity index (χ4v) is 3.97. The molecule has 0 aliphatic carbocycles. The summed E-state index contributed by atoms with van der Waals surface area (Å²) in [5, 5.41) is 16.1. The molecule has 0 bridgehead atoms. The highest BCUT2D eigenvalue weighted by molar-refractivity contribution is 5.95. The topological polar surface area (TPSA) is 92.1 Å². The molecular weight excluding hydrogens is 390 g/mol. The lowest BCUT2D eigenvalue weighted by molar-refractivity contribution is 0.0698. The molecule has 5 rings (SSSR count). The summed E-state index contributed by atoms with van der Waals surface area (Å²) in [7, 11) is 0. The van der Waals surface area contributed by atoms with Crippen LogP contribution in [0.4, 0.5) is 5.69 Å². The van der Waals surface area contributed by atoms with Crippen LogP contribution < -0.4 is 10.6 Å². The van der Waals surface area contributed by atoms with Gasteiger partial charge in [0.25, 0.3) is 0 Å². The number of rotatable bonds is 5. The lowest BCUT2D eigenvalue weighted by Crippen LogP contribution is -2.51. The number of aromatic carboxylic acids is 1. The minimum absolute atomic E-state index is 0.228. The molecule has 0 unspecified atom stereocenters. The van der Waals surface area contributed by atoms with E-state index >= 15 is 0 Å². The lowest BCUT2D eigenvalue weighted by Gasteiger charge is -2.29. The van der Waals surface area contributed by atoms with Gasteiger partial charge in [-0.2, -0.15) is 0 Å². The van der Waals surface area contributed by atoms with E-state index in [0.29, 0.717) is 5.69 Å². The van der Waals surface area contributed by atoms with Crippen molar-refractivity contribution in [3.05, 3.63) is 71.5 Å². The Hall–Kier alpha value is -3.71. The van der Waals surface area contributed by atoms with E-state index in [4.69, 9.17) is 4.98 Å². The van der Waals surface area contributed by atoms with Crippen LogP contribution >= 0.6 is 0 Å². The summed E-state index contributed by atoms with van der Waals surface area (Å²) < 4.78 is 1.95. The Balaban J connectivity index is 1.59. The molecule has 3 N–H and O–H groups in total. The Bertz CT molecular complexity index is 1290. The summed E-state index contributed by atoms with van der Waals surface area (Å²) in [5.41, 5.74) is 7.41. The van der Waals surface area contributed by atoms with Gasteiger partial charge in [-0.25, -0.2) is 9.78 Å². The van der Waals surface area contributed by atoms with Gasteiger partial charge < -0.3 is 15.7 Å². The van der Waals surface area contributed by atoms with E-state index < -0.39 is 5.97 Å².